The number of fused-ring (bicyclic) bond motifs is 1. The summed E-state index contributed by atoms with van der Waals surface area (Å²) in [7, 11) is 0. The highest BCUT2D eigenvalue weighted by Gasteiger charge is 2.32. The molecule has 3 rings (SSSR count). The smallest absolute Gasteiger partial charge is 0.336 e. The Bertz CT molecular complexity index is 787. The number of ether oxygens (including phenoxy) is 1. The molecule has 5 nitrogen and oxygen atoms in total. The number of benzene rings is 1. The molecule has 5 heteroatoms. The predicted octanol–water partition coefficient (Wildman–Crippen LogP) is 3.35. The van der Waals surface area contributed by atoms with Crippen LogP contribution in [0.4, 0.5) is 0 Å². The maximum absolute atomic E-state index is 12.8. The fourth-order valence-corrected chi connectivity index (χ4v) is 3.43. The highest BCUT2D eigenvalue weighted by molar-refractivity contribution is 5.82. The van der Waals surface area contributed by atoms with Gasteiger partial charge in [-0.2, -0.15) is 0 Å². The summed E-state index contributed by atoms with van der Waals surface area (Å²) >= 11 is 0. The van der Waals surface area contributed by atoms with Crippen LogP contribution in [0, 0.1) is 0 Å². The van der Waals surface area contributed by atoms with Gasteiger partial charge in [-0.1, -0.05) is 0 Å². The number of piperidine rings is 1. The second-order valence-electron chi connectivity index (χ2n) is 6.59. The second kappa shape index (κ2) is 6.67. The monoisotopic (exact) mass is 329 g/mol. The number of carbonyl (C=O) groups excluding carboxylic acids is 1. The SMILES string of the molecule is C[C@@H]1CCC[C@@H](C)N1C(=O)[C@@H](C)Oc1ccc2ccc(=O)oc2c1. The molecule has 0 bridgehead atoms. The van der Waals surface area contributed by atoms with Crippen LogP contribution in [0.25, 0.3) is 11.0 Å². The molecule has 0 radical (unpaired) electrons. The summed E-state index contributed by atoms with van der Waals surface area (Å²) in [6, 6.07) is 8.82. The van der Waals surface area contributed by atoms with Crippen molar-refractivity contribution in [2.24, 2.45) is 0 Å². The molecular formula is C19H23NO4. The summed E-state index contributed by atoms with van der Waals surface area (Å²) in [5.74, 6) is 0.527. The van der Waals surface area contributed by atoms with Crippen molar-refractivity contribution < 1.29 is 13.9 Å². The number of nitrogens with zero attached hydrogens (tertiary/aromatic N) is 1. The molecular weight excluding hydrogens is 306 g/mol. The summed E-state index contributed by atoms with van der Waals surface area (Å²) in [4.78, 5) is 26.0. The van der Waals surface area contributed by atoms with E-state index in [0.29, 0.717) is 11.3 Å². The Balaban J connectivity index is 1.77. The second-order valence-corrected chi connectivity index (χ2v) is 6.59. The Hall–Kier alpha value is -2.30. The molecule has 3 atom stereocenters. The largest absolute Gasteiger partial charge is 0.481 e. The number of likely N-dealkylation sites (tertiary alicyclic amines) is 1. The van der Waals surface area contributed by atoms with E-state index in [4.69, 9.17) is 9.15 Å². The maximum atomic E-state index is 12.8. The molecule has 1 aromatic heterocycles. The van der Waals surface area contributed by atoms with Crippen LogP contribution < -0.4 is 10.4 Å². The van der Waals surface area contributed by atoms with Gasteiger partial charge < -0.3 is 14.1 Å². The zero-order valence-corrected chi connectivity index (χ0v) is 14.3. The number of amides is 1. The summed E-state index contributed by atoms with van der Waals surface area (Å²) in [6.07, 6.45) is 2.64. The van der Waals surface area contributed by atoms with E-state index in [2.05, 4.69) is 13.8 Å². The molecule has 2 heterocycles. The van der Waals surface area contributed by atoms with Crippen molar-refractivity contribution in [1.29, 1.82) is 0 Å². The fourth-order valence-electron chi connectivity index (χ4n) is 3.43. The molecule has 1 amide bonds. The van der Waals surface area contributed by atoms with Crippen molar-refractivity contribution in [2.75, 3.05) is 0 Å². The molecule has 0 N–H and O–H groups in total. The van der Waals surface area contributed by atoms with Gasteiger partial charge in [-0.25, -0.2) is 4.79 Å². The average molecular weight is 329 g/mol. The molecule has 128 valence electrons. The van der Waals surface area contributed by atoms with Crippen LogP contribution in [0.5, 0.6) is 5.75 Å². The summed E-state index contributed by atoms with van der Waals surface area (Å²) < 4.78 is 11.0. The molecule has 0 saturated carbocycles. The van der Waals surface area contributed by atoms with Gasteiger partial charge in [0.15, 0.2) is 6.10 Å². The molecule has 0 aliphatic carbocycles. The fraction of sp³-hybridized carbons (Fsp3) is 0.474. The van der Waals surface area contributed by atoms with Gasteiger partial charge in [-0.15, -0.1) is 0 Å². The Labute approximate surface area is 141 Å². The molecule has 1 aliphatic heterocycles. The third-order valence-electron chi connectivity index (χ3n) is 4.70. The van der Waals surface area contributed by atoms with Crippen LogP contribution in [-0.2, 0) is 4.79 Å². The lowest BCUT2D eigenvalue weighted by molar-refractivity contribution is -0.144. The molecule has 0 unspecified atom stereocenters. The third-order valence-corrected chi connectivity index (χ3v) is 4.70. The first-order valence-corrected chi connectivity index (χ1v) is 8.48. The van der Waals surface area contributed by atoms with Crippen LogP contribution in [0.15, 0.2) is 39.5 Å². The lowest BCUT2D eigenvalue weighted by atomic mass is 9.97. The Morgan fingerprint density at radius 3 is 2.58 bits per heavy atom. The first-order valence-electron chi connectivity index (χ1n) is 8.48. The van der Waals surface area contributed by atoms with E-state index < -0.39 is 11.7 Å². The van der Waals surface area contributed by atoms with Crippen LogP contribution in [0.1, 0.15) is 40.0 Å². The summed E-state index contributed by atoms with van der Waals surface area (Å²) in [6.45, 7) is 5.94. The Morgan fingerprint density at radius 2 is 1.88 bits per heavy atom. The summed E-state index contributed by atoms with van der Waals surface area (Å²) in [5, 5.41) is 0.819. The van der Waals surface area contributed by atoms with Gasteiger partial charge in [0.1, 0.15) is 11.3 Å². The van der Waals surface area contributed by atoms with E-state index in [9.17, 15) is 9.59 Å². The van der Waals surface area contributed by atoms with E-state index in [1.165, 1.54) is 6.07 Å². The van der Waals surface area contributed by atoms with Gasteiger partial charge >= 0.3 is 5.63 Å². The van der Waals surface area contributed by atoms with E-state index in [1.54, 1.807) is 25.1 Å². The molecule has 24 heavy (non-hydrogen) atoms. The minimum Gasteiger partial charge on any atom is -0.481 e. The van der Waals surface area contributed by atoms with Crippen LogP contribution in [0.3, 0.4) is 0 Å². The van der Waals surface area contributed by atoms with Gasteiger partial charge in [0.05, 0.1) is 0 Å². The normalized spacial score (nSPS) is 22.4. The Kier molecular flexibility index (Phi) is 4.60. The minimum absolute atomic E-state index is 0.00399. The van der Waals surface area contributed by atoms with Gasteiger partial charge in [-0.05, 0) is 58.2 Å². The first kappa shape index (κ1) is 16.6. The molecule has 1 aromatic carbocycles. The number of rotatable bonds is 3. The molecule has 1 saturated heterocycles. The van der Waals surface area contributed by atoms with Crippen LogP contribution in [0.2, 0.25) is 0 Å². The third kappa shape index (κ3) is 3.30. The zero-order chi connectivity index (χ0) is 17.3. The van der Waals surface area contributed by atoms with E-state index in [0.717, 1.165) is 24.6 Å². The van der Waals surface area contributed by atoms with E-state index in [1.807, 2.05) is 11.0 Å². The predicted molar refractivity (Wildman–Crippen MR) is 92.2 cm³/mol. The van der Waals surface area contributed by atoms with Crippen LogP contribution >= 0.6 is 0 Å². The van der Waals surface area contributed by atoms with E-state index in [-0.39, 0.29) is 18.0 Å². The number of hydrogen-bond donors (Lipinski definition) is 0. The molecule has 1 aliphatic rings. The van der Waals surface area contributed by atoms with E-state index >= 15 is 0 Å². The molecule has 1 fully saturated rings. The highest BCUT2D eigenvalue weighted by Crippen LogP contribution is 2.25. The van der Waals surface area contributed by atoms with Gasteiger partial charge in [0.2, 0.25) is 0 Å². The highest BCUT2D eigenvalue weighted by atomic mass is 16.5. The Morgan fingerprint density at radius 1 is 1.21 bits per heavy atom. The minimum atomic E-state index is -0.583. The lowest BCUT2D eigenvalue weighted by Gasteiger charge is -2.40. The van der Waals surface area contributed by atoms with Crippen molar-refractivity contribution in [3.05, 3.63) is 40.8 Å². The van der Waals surface area contributed by atoms with Crippen molar-refractivity contribution >= 4 is 16.9 Å². The van der Waals surface area contributed by atoms with Crippen molar-refractivity contribution in [3.63, 3.8) is 0 Å². The summed E-state index contributed by atoms with van der Waals surface area (Å²) in [5.41, 5.74) is 0.0547. The molecule has 2 aromatic rings. The number of hydrogen-bond acceptors (Lipinski definition) is 4. The maximum Gasteiger partial charge on any atom is 0.336 e. The zero-order valence-electron chi connectivity index (χ0n) is 14.3. The quantitative estimate of drug-likeness (QED) is 0.810. The average Bonchev–Trinajstić information content (AvgIpc) is 2.54. The van der Waals surface area contributed by atoms with Gasteiger partial charge in [-0.3, -0.25) is 4.79 Å². The van der Waals surface area contributed by atoms with Crippen LogP contribution in [-0.4, -0.2) is 29.0 Å². The number of carbonyl (C=O) groups is 1. The lowest BCUT2D eigenvalue weighted by Crippen LogP contribution is -2.51. The first-order chi connectivity index (χ1) is 11.5. The van der Waals surface area contributed by atoms with Gasteiger partial charge in [0.25, 0.3) is 5.91 Å². The standard InChI is InChI=1S/C19H23NO4/c1-12-5-4-6-13(2)20(12)19(22)14(3)23-16-9-7-15-8-10-18(21)24-17(15)11-16/h7-14H,4-6H2,1-3H3/t12-,13-,14-/m1/s1. The molecule has 0 spiro atoms. The van der Waals surface area contributed by atoms with Gasteiger partial charge in [0, 0.05) is 29.6 Å². The van der Waals surface area contributed by atoms with Crippen molar-refractivity contribution in [3.8, 4) is 5.75 Å². The van der Waals surface area contributed by atoms with Crippen molar-refractivity contribution in [1.82, 2.24) is 4.90 Å². The topological polar surface area (TPSA) is 59.8 Å². The van der Waals surface area contributed by atoms with Crippen molar-refractivity contribution in [2.45, 2.75) is 58.2 Å².